The molecule has 0 spiro atoms. The van der Waals surface area contributed by atoms with Crippen molar-refractivity contribution in [3.8, 4) is 0 Å². The Hall–Kier alpha value is -1.07. The van der Waals surface area contributed by atoms with Crippen LogP contribution in [-0.2, 0) is 9.05 Å². The molecular weight excluding hydrogens is 286 g/mol. The van der Waals surface area contributed by atoms with Gasteiger partial charge in [-0.25, -0.2) is 8.42 Å². The van der Waals surface area contributed by atoms with Crippen molar-refractivity contribution in [3.05, 3.63) is 29.8 Å². The molecule has 0 fully saturated rings. The van der Waals surface area contributed by atoms with Crippen molar-refractivity contribution >= 4 is 25.6 Å². The van der Waals surface area contributed by atoms with Crippen LogP contribution in [0.25, 0.3) is 0 Å². The van der Waals surface area contributed by atoms with Crippen molar-refractivity contribution in [3.63, 3.8) is 0 Å². The van der Waals surface area contributed by atoms with E-state index >= 15 is 0 Å². The summed E-state index contributed by atoms with van der Waals surface area (Å²) in [6.07, 6.45) is 0. The average Bonchev–Trinajstić information content (AvgIpc) is 2.34. The Morgan fingerprint density at radius 2 is 1.89 bits per heavy atom. The standard InChI is InChI=1S/C13H18ClNO3S/c1-4-15(9-10(2)3)13(16)11-7-5-6-8-12(11)19(14,17)18/h5-8,10H,4,9H2,1-3H3. The van der Waals surface area contributed by atoms with Gasteiger partial charge in [0.15, 0.2) is 0 Å². The van der Waals surface area contributed by atoms with Crippen molar-refractivity contribution in [1.82, 2.24) is 4.90 Å². The van der Waals surface area contributed by atoms with Crippen molar-refractivity contribution in [2.45, 2.75) is 25.7 Å². The lowest BCUT2D eigenvalue weighted by Gasteiger charge is -2.23. The fourth-order valence-corrected chi connectivity index (χ4v) is 2.89. The molecule has 0 bridgehead atoms. The highest BCUT2D eigenvalue weighted by Crippen LogP contribution is 2.21. The summed E-state index contributed by atoms with van der Waals surface area (Å²) >= 11 is 0. The van der Waals surface area contributed by atoms with Gasteiger partial charge in [0, 0.05) is 23.8 Å². The Morgan fingerprint density at radius 3 is 2.37 bits per heavy atom. The summed E-state index contributed by atoms with van der Waals surface area (Å²) in [4.78, 5) is 13.9. The van der Waals surface area contributed by atoms with Gasteiger partial charge in [-0.15, -0.1) is 0 Å². The van der Waals surface area contributed by atoms with E-state index in [1.165, 1.54) is 12.1 Å². The molecule has 0 saturated heterocycles. The summed E-state index contributed by atoms with van der Waals surface area (Å²) in [5, 5.41) is 0. The van der Waals surface area contributed by atoms with Crippen LogP contribution in [0, 0.1) is 5.92 Å². The second-order valence-electron chi connectivity index (χ2n) is 4.67. The molecule has 1 rings (SSSR count). The fourth-order valence-electron chi connectivity index (χ4n) is 1.82. The maximum absolute atomic E-state index is 12.4. The topological polar surface area (TPSA) is 54.5 Å². The van der Waals surface area contributed by atoms with Gasteiger partial charge in [0.1, 0.15) is 0 Å². The number of hydrogen-bond acceptors (Lipinski definition) is 3. The molecule has 19 heavy (non-hydrogen) atoms. The first-order valence-corrected chi connectivity index (χ1v) is 8.41. The summed E-state index contributed by atoms with van der Waals surface area (Å²) in [6, 6.07) is 6.01. The van der Waals surface area contributed by atoms with E-state index in [1.807, 2.05) is 20.8 Å². The van der Waals surface area contributed by atoms with Crippen LogP contribution in [0.4, 0.5) is 0 Å². The van der Waals surface area contributed by atoms with Gasteiger partial charge >= 0.3 is 0 Å². The molecule has 0 aliphatic rings. The normalized spacial score (nSPS) is 11.6. The number of carbonyl (C=O) groups is 1. The Bertz CT molecular complexity index is 555. The average molecular weight is 304 g/mol. The van der Waals surface area contributed by atoms with Gasteiger partial charge in [0.25, 0.3) is 15.0 Å². The van der Waals surface area contributed by atoms with E-state index in [4.69, 9.17) is 10.7 Å². The highest BCUT2D eigenvalue weighted by atomic mass is 35.7. The second-order valence-corrected chi connectivity index (χ2v) is 7.21. The van der Waals surface area contributed by atoms with Crippen LogP contribution in [0.2, 0.25) is 0 Å². The van der Waals surface area contributed by atoms with Crippen LogP contribution >= 0.6 is 10.7 Å². The molecule has 0 unspecified atom stereocenters. The van der Waals surface area contributed by atoms with E-state index in [9.17, 15) is 13.2 Å². The lowest BCUT2D eigenvalue weighted by molar-refractivity contribution is 0.0742. The van der Waals surface area contributed by atoms with Crippen molar-refractivity contribution in [2.24, 2.45) is 5.92 Å². The molecule has 6 heteroatoms. The summed E-state index contributed by atoms with van der Waals surface area (Å²) < 4.78 is 23.0. The number of benzene rings is 1. The maximum Gasteiger partial charge on any atom is 0.262 e. The van der Waals surface area contributed by atoms with Crippen LogP contribution in [0.3, 0.4) is 0 Å². The van der Waals surface area contributed by atoms with Gasteiger partial charge in [-0.2, -0.15) is 0 Å². The minimum Gasteiger partial charge on any atom is -0.339 e. The Labute approximate surface area is 118 Å². The zero-order valence-corrected chi connectivity index (χ0v) is 12.8. The highest BCUT2D eigenvalue weighted by molar-refractivity contribution is 8.13. The molecule has 0 aromatic heterocycles. The molecule has 106 valence electrons. The van der Waals surface area contributed by atoms with Crippen LogP contribution in [0.15, 0.2) is 29.2 Å². The van der Waals surface area contributed by atoms with Crippen LogP contribution in [0.1, 0.15) is 31.1 Å². The maximum atomic E-state index is 12.4. The lowest BCUT2D eigenvalue weighted by atomic mass is 10.1. The Balaban J connectivity index is 3.19. The van der Waals surface area contributed by atoms with Gasteiger partial charge in [-0.3, -0.25) is 4.79 Å². The molecule has 1 aromatic carbocycles. The molecule has 0 aliphatic heterocycles. The van der Waals surface area contributed by atoms with Crippen LogP contribution < -0.4 is 0 Å². The molecular formula is C13H18ClNO3S. The quantitative estimate of drug-likeness (QED) is 0.786. The highest BCUT2D eigenvalue weighted by Gasteiger charge is 2.23. The van der Waals surface area contributed by atoms with E-state index in [1.54, 1.807) is 17.0 Å². The smallest absolute Gasteiger partial charge is 0.262 e. The van der Waals surface area contributed by atoms with E-state index in [-0.39, 0.29) is 16.4 Å². The van der Waals surface area contributed by atoms with Crippen molar-refractivity contribution in [1.29, 1.82) is 0 Å². The lowest BCUT2D eigenvalue weighted by Crippen LogP contribution is -2.34. The van der Waals surface area contributed by atoms with Gasteiger partial charge in [0.05, 0.1) is 10.5 Å². The third kappa shape index (κ3) is 4.21. The number of halogens is 1. The summed E-state index contributed by atoms with van der Waals surface area (Å²) in [6.45, 7) is 6.96. The predicted molar refractivity (Wildman–Crippen MR) is 75.9 cm³/mol. The molecule has 0 N–H and O–H groups in total. The zero-order chi connectivity index (χ0) is 14.6. The number of hydrogen-bond donors (Lipinski definition) is 0. The third-order valence-corrected chi connectivity index (χ3v) is 4.01. The number of nitrogens with zero attached hydrogens (tertiary/aromatic N) is 1. The minimum atomic E-state index is -3.92. The first-order valence-electron chi connectivity index (χ1n) is 6.10. The predicted octanol–water partition coefficient (Wildman–Crippen LogP) is 2.73. The summed E-state index contributed by atoms with van der Waals surface area (Å²) in [7, 11) is 1.44. The number of amides is 1. The first-order chi connectivity index (χ1) is 8.77. The first kappa shape index (κ1) is 16.0. The van der Waals surface area contributed by atoms with E-state index < -0.39 is 9.05 Å². The fraction of sp³-hybridized carbons (Fsp3) is 0.462. The van der Waals surface area contributed by atoms with Crippen LogP contribution in [0.5, 0.6) is 0 Å². The van der Waals surface area contributed by atoms with Crippen molar-refractivity contribution < 1.29 is 13.2 Å². The Kier molecular flexibility index (Phi) is 5.38. The molecule has 0 atom stereocenters. The zero-order valence-electron chi connectivity index (χ0n) is 11.3. The number of rotatable bonds is 5. The largest absolute Gasteiger partial charge is 0.339 e. The van der Waals surface area contributed by atoms with E-state index in [0.717, 1.165) is 0 Å². The second kappa shape index (κ2) is 6.39. The number of carbonyl (C=O) groups excluding carboxylic acids is 1. The molecule has 1 aromatic rings. The van der Waals surface area contributed by atoms with Crippen molar-refractivity contribution in [2.75, 3.05) is 13.1 Å². The van der Waals surface area contributed by atoms with Gasteiger partial charge < -0.3 is 4.90 Å². The molecule has 0 aliphatic carbocycles. The van der Waals surface area contributed by atoms with E-state index in [0.29, 0.717) is 19.0 Å². The third-order valence-electron chi connectivity index (χ3n) is 2.63. The van der Waals surface area contributed by atoms with Crippen LogP contribution in [-0.4, -0.2) is 32.3 Å². The van der Waals surface area contributed by atoms with Gasteiger partial charge in [-0.1, -0.05) is 26.0 Å². The summed E-state index contributed by atoms with van der Waals surface area (Å²) in [5.74, 6) is -0.000282. The Morgan fingerprint density at radius 1 is 1.32 bits per heavy atom. The van der Waals surface area contributed by atoms with E-state index in [2.05, 4.69) is 0 Å². The molecule has 0 heterocycles. The summed E-state index contributed by atoms with van der Waals surface area (Å²) in [5.41, 5.74) is 0.125. The minimum absolute atomic E-state index is 0.125. The molecule has 0 saturated carbocycles. The monoisotopic (exact) mass is 303 g/mol. The SMILES string of the molecule is CCN(CC(C)C)C(=O)c1ccccc1S(=O)(=O)Cl. The van der Waals surface area contributed by atoms with Gasteiger partial charge in [0.2, 0.25) is 0 Å². The van der Waals surface area contributed by atoms with Gasteiger partial charge in [-0.05, 0) is 25.0 Å². The molecule has 4 nitrogen and oxygen atoms in total. The molecule has 1 amide bonds. The molecule has 0 radical (unpaired) electrons.